The molecule has 2 unspecified atom stereocenters. The number of nitrogens with one attached hydrogen (secondary N) is 2. The largest absolute Gasteiger partial charge is 1.00 e. The summed E-state index contributed by atoms with van der Waals surface area (Å²) < 4.78 is 0. The number of aromatic carboxylic acids is 1. The molecule has 0 aliphatic carbocycles. The zero-order valence-corrected chi connectivity index (χ0v) is 46.0. The zero-order chi connectivity index (χ0) is 59.7. The first-order valence-corrected chi connectivity index (χ1v) is 24.0. The van der Waals surface area contributed by atoms with Crippen LogP contribution in [-0.4, -0.2) is 74.1 Å². The van der Waals surface area contributed by atoms with Crippen LogP contribution in [-0.2, 0) is 48.0 Å². The van der Waals surface area contributed by atoms with Crippen LogP contribution >= 0.6 is 11.6 Å². The number of carbonyl (C=O) groups is 3. The number of halogens is 2. The molecule has 9 rings (SSSR count). The molecule has 0 fully saturated rings. The van der Waals surface area contributed by atoms with Gasteiger partial charge in [-0.2, -0.15) is 28.8 Å². The number of nitrogens with zero attached hydrogens (tertiary/aromatic N) is 4. The van der Waals surface area contributed by atoms with Crippen molar-refractivity contribution in [2.75, 3.05) is 22.1 Å². The van der Waals surface area contributed by atoms with Crippen molar-refractivity contribution in [3.05, 3.63) is 206 Å². The van der Waals surface area contributed by atoms with E-state index in [0.29, 0.717) is 11.6 Å². The second-order valence-electron chi connectivity index (χ2n) is 17.6. The lowest BCUT2D eigenvalue weighted by molar-refractivity contribution is -0.385. The van der Waals surface area contributed by atoms with Crippen LogP contribution in [0.15, 0.2) is 109 Å². The van der Waals surface area contributed by atoms with Gasteiger partial charge < -0.3 is 33.0 Å². The van der Waals surface area contributed by atoms with E-state index in [-0.39, 0.29) is 98.8 Å². The molecule has 83 heavy (non-hydrogen) atoms. The van der Waals surface area contributed by atoms with Gasteiger partial charge in [0.2, 0.25) is 0 Å². The first-order chi connectivity index (χ1) is 37.3. The maximum absolute atomic E-state index is 13.0. The summed E-state index contributed by atoms with van der Waals surface area (Å²) in [7, 11) is 0. The Hall–Kier alpha value is -9.55. The fraction of sp³-hybridized carbons (Fsp3) is 0.288. The molecule has 1 amide bonds. The molecule has 3 aliphatic heterocycles. The molecule has 3 aliphatic rings. The molecule has 22 nitrogen and oxygen atoms in total. The number of nitro groups is 3. The fourth-order valence-electron chi connectivity index (χ4n) is 8.09. The maximum atomic E-state index is 13.0. The summed E-state index contributed by atoms with van der Waals surface area (Å²) in [6.07, 6.45) is 3.88. The van der Waals surface area contributed by atoms with Crippen LogP contribution < -0.4 is 27.9 Å². The number of fused-ring (bicyclic) bond motifs is 3. The second kappa shape index (κ2) is 38.2. The molecule has 2 atom stereocenters. The Balaban J connectivity index is -0.000000947. The molecule has 0 aromatic heterocycles. The summed E-state index contributed by atoms with van der Waals surface area (Å²) in [5.41, 5.74) is 11.3. The number of benzene rings is 6. The molecule has 6 aromatic carbocycles. The van der Waals surface area contributed by atoms with E-state index in [0.717, 1.165) is 52.0 Å². The number of nitro benzene ring substituents is 3. The van der Waals surface area contributed by atoms with Gasteiger partial charge in [-0.3, -0.25) is 39.9 Å². The third kappa shape index (κ3) is 22.8. The SMILES string of the molecule is C.C.C.CC1Cc2ccccc2N1.Cc1cc(C(=O)Cl)c([N+](=O)[O-])cc1C.Cc1cc(C(=O)N2c3ccccc3CC2C)c([N+](=O)[O-])cc1C.Cc1cc(C(=O)O)c([N+](=O)[O-])cc1C.O=C=O.O=C=O.O=C=O.[Cl-].c1ccc2c(c1)CCN2. The molecule has 3 heterocycles. The number of hydrogen-bond acceptors (Lipinski definition) is 17. The Morgan fingerprint density at radius 3 is 1.34 bits per heavy atom. The van der Waals surface area contributed by atoms with Gasteiger partial charge in [0.1, 0.15) is 16.7 Å². The number of anilines is 3. The van der Waals surface area contributed by atoms with E-state index in [1.807, 2.05) is 45.0 Å². The van der Waals surface area contributed by atoms with Crippen molar-refractivity contribution >= 4 is 81.3 Å². The van der Waals surface area contributed by atoms with Crippen LogP contribution in [0.2, 0.25) is 0 Å². The van der Waals surface area contributed by atoms with Gasteiger partial charge in [0.25, 0.3) is 28.2 Å². The van der Waals surface area contributed by atoms with Crippen LogP contribution in [0.25, 0.3) is 0 Å². The minimum absolute atomic E-state index is 0. The van der Waals surface area contributed by atoms with E-state index >= 15 is 0 Å². The third-order valence-corrected chi connectivity index (χ3v) is 12.4. The van der Waals surface area contributed by atoms with Crippen molar-refractivity contribution in [1.82, 2.24) is 0 Å². The highest BCUT2D eigenvalue weighted by Gasteiger charge is 2.35. The quantitative estimate of drug-likeness (QED) is 0.0794. The van der Waals surface area contributed by atoms with Crippen molar-refractivity contribution in [2.45, 2.75) is 109 Å². The van der Waals surface area contributed by atoms with Crippen molar-refractivity contribution in [2.24, 2.45) is 0 Å². The fourth-order valence-corrected chi connectivity index (χ4v) is 8.24. The predicted molar refractivity (Wildman–Crippen MR) is 308 cm³/mol. The summed E-state index contributed by atoms with van der Waals surface area (Å²) in [6, 6.07) is 33.8. The number of hydrogen-bond donors (Lipinski definition) is 3. The lowest BCUT2D eigenvalue weighted by Gasteiger charge is -2.23. The Morgan fingerprint density at radius 2 is 0.916 bits per heavy atom. The van der Waals surface area contributed by atoms with Gasteiger partial charge in [-0.1, -0.05) is 76.9 Å². The number of aryl methyl sites for hydroxylation is 6. The van der Waals surface area contributed by atoms with Gasteiger partial charge in [-0.25, -0.2) is 4.79 Å². The van der Waals surface area contributed by atoms with E-state index in [9.17, 15) is 44.7 Å². The summed E-state index contributed by atoms with van der Waals surface area (Å²) in [4.78, 5) is 116. The lowest BCUT2D eigenvalue weighted by atomic mass is 10.0. The first-order valence-electron chi connectivity index (χ1n) is 23.6. The summed E-state index contributed by atoms with van der Waals surface area (Å²) in [5, 5.41) is 47.1. The van der Waals surface area contributed by atoms with Gasteiger partial charge in [-0.15, -0.1) is 0 Å². The maximum Gasteiger partial charge on any atom is 0.373 e. The number of amides is 1. The first kappa shape index (κ1) is 77.7. The molecule has 0 saturated carbocycles. The Morgan fingerprint density at radius 1 is 0.554 bits per heavy atom. The molecule has 0 radical (unpaired) electrons. The molecule has 0 spiro atoms. The minimum Gasteiger partial charge on any atom is -1.00 e. The van der Waals surface area contributed by atoms with Crippen LogP contribution in [0.3, 0.4) is 0 Å². The van der Waals surface area contributed by atoms with Gasteiger partial charge in [0.05, 0.1) is 14.8 Å². The van der Waals surface area contributed by atoms with Crippen molar-refractivity contribution in [3.63, 3.8) is 0 Å². The smallest absolute Gasteiger partial charge is 0.373 e. The van der Waals surface area contributed by atoms with Gasteiger partial charge in [0.15, 0.2) is 0 Å². The Labute approximate surface area is 492 Å². The molecule has 3 N–H and O–H groups in total. The van der Waals surface area contributed by atoms with E-state index in [1.165, 1.54) is 65.7 Å². The van der Waals surface area contributed by atoms with Crippen molar-refractivity contribution in [3.8, 4) is 0 Å². The number of para-hydroxylation sites is 3. The average molecular weight is 1190 g/mol. The van der Waals surface area contributed by atoms with Crippen LogP contribution in [0.5, 0.6) is 0 Å². The number of rotatable bonds is 6. The monoisotopic (exact) mass is 1190 g/mol. The summed E-state index contributed by atoms with van der Waals surface area (Å²) >= 11 is 5.23. The van der Waals surface area contributed by atoms with Crippen LogP contribution in [0, 0.1) is 71.9 Å². The Bertz CT molecular complexity index is 3080. The van der Waals surface area contributed by atoms with Gasteiger partial charge in [0, 0.05) is 53.9 Å². The lowest BCUT2D eigenvalue weighted by Crippen LogP contribution is -3.00. The van der Waals surface area contributed by atoms with E-state index in [1.54, 1.807) is 38.7 Å². The second-order valence-corrected chi connectivity index (χ2v) is 17.9. The van der Waals surface area contributed by atoms with Gasteiger partial charge in [-0.05, 0) is 173 Å². The van der Waals surface area contributed by atoms with Gasteiger partial charge >= 0.3 is 24.4 Å². The molecular formula is C59H67Cl2N6O16-. The summed E-state index contributed by atoms with van der Waals surface area (Å²) in [6.45, 7) is 15.9. The van der Waals surface area contributed by atoms with E-state index < -0.39 is 26.0 Å². The Kier molecular flexibility index (Phi) is 35.7. The normalized spacial score (nSPS) is 12.4. The highest BCUT2D eigenvalue weighted by Crippen LogP contribution is 2.35. The van der Waals surface area contributed by atoms with Crippen LogP contribution in [0.4, 0.5) is 34.1 Å². The van der Waals surface area contributed by atoms with Crippen molar-refractivity contribution in [1.29, 1.82) is 0 Å². The number of carboxylic acid groups (broad SMARTS) is 1. The number of carbonyl (C=O) groups excluding carboxylic acids is 8. The minimum atomic E-state index is -1.28. The molecule has 0 saturated heterocycles. The molecule has 24 heteroatoms. The van der Waals surface area contributed by atoms with Crippen LogP contribution in [0.1, 0.15) is 117 Å². The zero-order valence-electron chi connectivity index (χ0n) is 44.5. The topological polar surface area (TPSA) is 331 Å². The highest BCUT2D eigenvalue weighted by atomic mass is 35.5. The molecular weight excluding hydrogens is 1120 g/mol. The molecule has 444 valence electrons. The van der Waals surface area contributed by atoms with E-state index in [4.69, 9.17) is 45.5 Å². The van der Waals surface area contributed by atoms with E-state index in [2.05, 4.69) is 66.1 Å². The molecule has 6 aromatic rings. The average Bonchev–Trinajstić information content (AvgIpc) is 4.26. The third-order valence-electron chi connectivity index (χ3n) is 12.2. The molecule has 0 bridgehead atoms. The standard InChI is InChI=1S/C18H18N2O3.C9H8ClNO3.C9H9NO4.C9H11N.C8H9N.3CO2.3CH4.ClH/c1-11-8-15(17(20(22)23)9-12(11)2)18(21)19-13(3)10-14-6-4-5-7-16(14)19;1-5-3-7(9(10)12)8(11(13)14)4-6(5)2;1-5-3-7(9(11)12)8(10(13)14)4-6(5)2;1-7-6-8-4-2-3-5-9(8)10-7;1-2-4-8-7(3-1)5-6-9-8;3*2-1-3;;;;/h4-9,13H,10H2,1-3H3;3-4H,1-2H3;3-4H,1-2H3,(H,11,12);2-5,7,10H,6H2,1H3;1-4,9H,5-6H2;;;;3*1H4;1H/p-1. The van der Waals surface area contributed by atoms with Crippen molar-refractivity contribution < 1.29 is 75.4 Å². The predicted octanol–water partition coefficient (Wildman–Crippen LogP) is 9.16. The number of carboxylic acids is 1. The highest BCUT2D eigenvalue weighted by molar-refractivity contribution is 6.68. The summed E-state index contributed by atoms with van der Waals surface area (Å²) in [5.74, 6) is -1.59.